The van der Waals surface area contributed by atoms with E-state index in [1.54, 1.807) is 11.3 Å². The molecule has 2 aromatic rings. The van der Waals surface area contributed by atoms with Crippen LogP contribution < -0.4 is 5.32 Å². The van der Waals surface area contributed by atoms with Gasteiger partial charge >= 0.3 is 0 Å². The van der Waals surface area contributed by atoms with Crippen LogP contribution in [0.25, 0.3) is 0 Å². The average molecular weight is 382 g/mol. The molecule has 27 heavy (non-hydrogen) atoms. The second kappa shape index (κ2) is 9.16. The summed E-state index contributed by atoms with van der Waals surface area (Å²) in [5.41, 5.74) is 0.622. The van der Waals surface area contributed by atoms with Gasteiger partial charge < -0.3 is 5.32 Å². The van der Waals surface area contributed by atoms with Crippen LogP contribution in [0.2, 0.25) is 0 Å². The van der Waals surface area contributed by atoms with Gasteiger partial charge in [-0.15, -0.1) is 11.3 Å². The van der Waals surface area contributed by atoms with Gasteiger partial charge in [-0.1, -0.05) is 30.3 Å². The van der Waals surface area contributed by atoms with E-state index in [-0.39, 0.29) is 5.91 Å². The molecule has 0 atom stereocenters. The summed E-state index contributed by atoms with van der Waals surface area (Å²) in [4.78, 5) is 17.4. The van der Waals surface area contributed by atoms with Crippen molar-refractivity contribution >= 4 is 17.2 Å². The molecule has 1 saturated carbocycles. The fraction of sp³-hybridized carbons (Fsp3) is 0.455. The molecule has 1 heterocycles. The van der Waals surface area contributed by atoms with Crippen molar-refractivity contribution in [2.24, 2.45) is 0 Å². The number of carbonyl (C=O) groups is 1. The number of hydrogen-bond donors (Lipinski definition) is 1. The Morgan fingerprint density at radius 3 is 2.59 bits per heavy atom. The van der Waals surface area contributed by atoms with Gasteiger partial charge in [0.2, 0.25) is 5.91 Å². The summed E-state index contributed by atoms with van der Waals surface area (Å²) in [5.74, 6) is -0.0419. The van der Waals surface area contributed by atoms with Crippen molar-refractivity contribution in [3.8, 4) is 6.07 Å². The number of nitrogens with one attached hydrogen (secondary N) is 1. The van der Waals surface area contributed by atoms with Gasteiger partial charge in [-0.25, -0.2) is 0 Å². The Balaban J connectivity index is 1.63. The highest BCUT2D eigenvalue weighted by Crippen LogP contribution is 2.28. The minimum absolute atomic E-state index is 0.0419. The fourth-order valence-electron chi connectivity index (χ4n) is 3.69. The Kier molecular flexibility index (Phi) is 6.65. The summed E-state index contributed by atoms with van der Waals surface area (Å²) >= 11 is 1.78. The summed E-state index contributed by atoms with van der Waals surface area (Å²) < 4.78 is 0. The van der Waals surface area contributed by atoms with E-state index in [4.69, 9.17) is 0 Å². The molecule has 0 unspecified atom stereocenters. The van der Waals surface area contributed by atoms with Gasteiger partial charge in [0.25, 0.3) is 0 Å². The molecule has 0 saturated heterocycles. The summed E-state index contributed by atoms with van der Waals surface area (Å²) in [7, 11) is 0. The van der Waals surface area contributed by atoms with Crippen molar-refractivity contribution in [2.45, 2.75) is 51.1 Å². The van der Waals surface area contributed by atoms with Gasteiger partial charge in [0, 0.05) is 22.8 Å². The first-order valence-electron chi connectivity index (χ1n) is 9.62. The second-order valence-electron chi connectivity index (χ2n) is 7.41. The number of nitriles is 1. The zero-order chi connectivity index (χ0) is 19.1. The topological polar surface area (TPSA) is 56.1 Å². The number of hydrogen-bond acceptors (Lipinski definition) is 4. The smallest absolute Gasteiger partial charge is 0.235 e. The third kappa shape index (κ3) is 5.66. The Morgan fingerprint density at radius 2 is 1.96 bits per heavy atom. The van der Waals surface area contributed by atoms with Crippen molar-refractivity contribution < 1.29 is 4.79 Å². The molecule has 1 N–H and O–H groups in total. The first-order chi connectivity index (χ1) is 13.1. The van der Waals surface area contributed by atoms with Crippen LogP contribution in [-0.4, -0.2) is 29.4 Å². The van der Waals surface area contributed by atoms with Gasteiger partial charge in [0.05, 0.1) is 12.6 Å². The highest BCUT2D eigenvalue weighted by Gasteiger charge is 2.35. The number of amides is 1. The van der Waals surface area contributed by atoms with E-state index >= 15 is 0 Å². The van der Waals surface area contributed by atoms with Crippen molar-refractivity contribution in [2.75, 3.05) is 13.1 Å². The predicted octanol–water partition coefficient (Wildman–Crippen LogP) is 4.05. The zero-order valence-electron chi connectivity index (χ0n) is 15.9. The molecule has 3 rings (SSSR count). The molecule has 0 spiro atoms. The van der Waals surface area contributed by atoms with E-state index in [1.807, 2.05) is 18.2 Å². The van der Waals surface area contributed by atoms with Crippen LogP contribution in [0.3, 0.4) is 0 Å². The minimum Gasteiger partial charge on any atom is -0.337 e. The van der Waals surface area contributed by atoms with E-state index in [2.05, 4.69) is 47.5 Å². The largest absolute Gasteiger partial charge is 0.337 e. The van der Waals surface area contributed by atoms with Crippen molar-refractivity contribution in [3.05, 3.63) is 57.8 Å². The quantitative estimate of drug-likeness (QED) is 0.750. The monoisotopic (exact) mass is 381 g/mol. The van der Waals surface area contributed by atoms with Gasteiger partial charge in [0.1, 0.15) is 5.54 Å². The molecule has 1 aliphatic rings. The van der Waals surface area contributed by atoms with E-state index in [0.717, 1.165) is 45.2 Å². The van der Waals surface area contributed by atoms with Crippen LogP contribution in [0.15, 0.2) is 42.5 Å². The maximum Gasteiger partial charge on any atom is 0.235 e. The average Bonchev–Trinajstić information content (AvgIpc) is 3.30. The van der Waals surface area contributed by atoms with Gasteiger partial charge in [-0.05, 0) is 56.7 Å². The van der Waals surface area contributed by atoms with Crippen LogP contribution in [0.1, 0.15) is 41.0 Å². The Hall–Kier alpha value is -2.16. The number of rotatable bonds is 8. The first kappa shape index (κ1) is 19.6. The SMILES string of the molecule is Cc1ccc(CN(CCc2ccccc2)CC(=O)NC2(C#N)CCCC2)s1. The van der Waals surface area contributed by atoms with Crippen molar-refractivity contribution in [1.29, 1.82) is 5.26 Å². The number of benzene rings is 1. The second-order valence-corrected chi connectivity index (χ2v) is 8.78. The zero-order valence-corrected chi connectivity index (χ0v) is 16.7. The summed E-state index contributed by atoms with van der Waals surface area (Å²) in [6, 6.07) is 17.0. The lowest BCUT2D eigenvalue weighted by atomic mass is 10.00. The summed E-state index contributed by atoms with van der Waals surface area (Å²) in [6.45, 7) is 4.01. The molecule has 1 aromatic heterocycles. The van der Waals surface area contributed by atoms with Gasteiger partial charge in [0.15, 0.2) is 0 Å². The first-order valence-corrected chi connectivity index (χ1v) is 10.4. The highest BCUT2D eigenvalue weighted by molar-refractivity contribution is 7.11. The molecule has 142 valence electrons. The lowest BCUT2D eigenvalue weighted by molar-refractivity contribution is -0.123. The normalized spacial score (nSPS) is 15.6. The number of thiophene rings is 1. The lowest BCUT2D eigenvalue weighted by Crippen LogP contribution is -2.49. The minimum atomic E-state index is -0.651. The third-order valence-corrected chi connectivity index (χ3v) is 6.14. The number of nitrogens with zero attached hydrogens (tertiary/aromatic N) is 2. The van der Waals surface area contributed by atoms with E-state index < -0.39 is 5.54 Å². The number of carbonyl (C=O) groups excluding carboxylic acids is 1. The van der Waals surface area contributed by atoms with Crippen LogP contribution in [0, 0.1) is 18.3 Å². The van der Waals surface area contributed by atoms with Crippen molar-refractivity contribution in [1.82, 2.24) is 10.2 Å². The van der Waals surface area contributed by atoms with Gasteiger partial charge in [-0.2, -0.15) is 5.26 Å². The Bertz CT molecular complexity index is 787. The molecule has 0 bridgehead atoms. The standard InChI is InChI=1S/C22H27N3OS/c1-18-9-10-20(27-18)15-25(14-11-19-7-3-2-4-8-19)16-21(26)24-22(17-23)12-5-6-13-22/h2-4,7-10H,5-6,11-16H2,1H3,(H,24,26). The van der Waals surface area contributed by atoms with Crippen LogP contribution in [-0.2, 0) is 17.8 Å². The summed E-state index contributed by atoms with van der Waals surface area (Å²) in [5, 5.41) is 12.5. The maximum atomic E-state index is 12.7. The van der Waals surface area contributed by atoms with E-state index in [9.17, 15) is 10.1 Å². The Labute approximate surface area is 165 Å². The molecule has 0 radical (unpaired) electrons. The molecule has 1 aromatic carbocycles. The predicted molar refractivity (Wildman–Crippen MR) is 109 cm³/mol. The highest BCUT2D eigenvalue weighted by atomic mass is 32.1. The van der Waals surface area contributed by atoms with Crippen molar-refractivity contribution in [3.63, 3.8) is 0 Å². The van der Waals surface area contributed by atoms with E-state index in [0.29, 0.717) is 6.54 Å². The third-order valence-electron chi connectivity index (χ3n) is 5.15. The molecular weight excluding hydrogens is 354 g/mol. The lowest BCUT2D eigenvalue weighted by Gasteiger charge is -2.26. The van der Waals surface area contributed by atoms with Crippen LogP contribution in [0.4, 0.5) is 0 Å². The molecular formula is C22H27N3OS. The molecule has 5 heteroatoms. The molecule has 0 aliphatic heterocycles. The number of aryl methyl sites for hydroxylation is 1. The van der Waals surface area contributed by atoms with Crippen LogP contribution >= 0.6 is 11.3 Å². The molecule has 1 aliphatic carbocycles. The summed E-state index contributed by atoms with van der Waals surface area (Å²) in [6.07, 6.45) is 4.47. The van der Waals surface area contributed by atoms with Gasteiger partial charge in [-0.3, -0.25) is 9.69 Å². The molecule has 1 fully saturated rings. The maximum absolute atomic E-state index is 12.7. The van der Waals surface area contributed by atoms with Crippen LogP contribution in [0.5, 0.6) is 0 Å². The molecule has 4 nitrogen and oxygen atoms in total. The molecule has 1 amide bonds. The fourth-order valence-corrected chi connectivity index (χ4v) is 4.62. The van der Waals surface area contributed by atoms with E-state index in [1.165, 1.54) is 15.3 Å². The Morgan fingerprint density at radius 1 is 1.22 bits per heavy atom.